The summed E-state index contributed by atoms with van der Waals surface area (Å²) in [4.78, 5) is 37.6. The van der Waals surface area contributed by atoms with Crippen LogP contribution in [-0.4, -0.2) is 52.8 Å². The fraction of sp³-hybridized carbons (Fsp3) is 0.333. The summed E-state index contributed by atoms with van der Waals surface area (Å²) >= 11 is 0. The van der Waals surface area contributed by atoms with E-state index in [1.165, 1.54) is 12.1 Å². The molecule has 2 aliphatic heterocycles. The number of hydrogen-bond donors (Lipinski definition) is 2. The third kappa shape index (κ3) is 3.62. The number of nitrogens with one attached hydrogen (secondary N) is 2. The second kappa shape index (κ2) is 7.10. The average molecular weight is 370 g/mol. The van der Waals surface area contributed by atoms with Gasteiger partial charge in [-0.15, -0.1) is 0 Å². The Morgan fingerprint density at radius 1 is 1.11 bits per heavy atom. The first-order valence-corrected chi connectivity index (χ1v) is 8.66. The van der Waals surface area contributed by atoms with Crippen LogP contribution in [0.5, 0.6) is 11.5 Å². The predicted octanol–water partition coefficient (Wildman–Crippen LogP) is 0.533. The highest BCUT2D eigenvalue weighted by Gasteiger charge is 2.26. The minimum Gasteiger partial charge on any atom is -0.454 e. The number of likely N-dealkylation sites (tertiary alicyclic amines) is 1. The Labute approximate surface area is 154 Å². The Hall–Kier alpha value is -3.36. The summed E-state index contributed by atoms with van der Waals surface area (Å²) in [7, 11) is 0. The van der Waals surface area contributed by atoms with Gasteiger partial charge in [0.25, 0.3) is 17.4 Å². The highest BCUT2D eigenvalue weighted by Crippen LogP contribution is 2.32. The second-order valence-electron chi connectivity index (χ2n) is 6.41. The van der Waals surface area contributed by atoms with Crippen molar-refractivity contribution < 1.29 is 19.1 Å². The van der Waals surface area contributed by atoms with Crippen molar-refractivity contribution >= 4 is 11.8 Å². The van der Waals surface area contributed by atoms with E-state index in [4.69, 9.17) is 9.47 Å². The average Bonchev–Trinajstić information content (AvgIpc) is 3.16. The van der Waals surface area contributed by atoms with E-state index in [9.17, 15) is 14.4 Å². The fourth-order valence-electron chi connectivity index (χ4n) is 3.16. The van der Waals surface area contributed by atoms with Crippen molar-refractivity contribution in [2.45, 2.75) is 18.9 Å². The number of aromatic amines is 1. The number of nitrogens with zero attached hydrogens (tertiary/aromatic N) is 2. The van der Waals surface area contributed by atoms with Gasteiger partial charge < -0.3 is 19.7 Å². The molecule has 2 aliphatic rings. The van der Waals surface area contributed by atoms with E-state index in [-0.39, 0.29) is 35.9 Å². The first-order chi connectivity index (χ1) is 13.1. The monoisotopic (exact) mass is 370 g/mol. The molecule has 0 spiro atoms. The Kier molecular flexibility index (Phi) is 4.49. The summed E-state index contributed by atoms with van der Waals surface area (Å²) in [6, 6.07) is 7.75. The zero-order valence-corrected chi connectivity index (χ0v) is 14.4. The molecular formula is C18H18N4O5. The van der Waals surface area contributed by atoms with E-state index in [2.05, 4.69) is 15.5 Å². The predicted molar refractivity (Wildman–Crippen MR) is 93.8 cm³/mol. The number of rotatable bonds is 3. The molecule has 3 heterocycles. The molecule has 9 nitrogen and oxygen atoms in total. The maximum Gasteiger partial charge on any atom is 0.274 e. The smallest absolute Gasteiger partial charge is 0.274 e. The van der Waals surface area contributed by atoms with Crippen LogP contribution in [0.1, 0.15) is 33.7 Å². The quantitative estimate of drug-likeness (QED) is 0.815. The molecule has 1 fully saturated rings. The van der Waals surface area contributed by atoms with Crippen molar-refractivity contribution in [1.82, 2.24) is 20.4 Å². The van der Waals surface area contributed by atoms with Crippen molar-refractivity contribution in [2.75, 3.05) is 19.9 Å². The molecule has 0 saturated carbocycles. The molecule has 27 heavy (non-hydrogen) atoms. The van der Waals surface area contributed by atoms with Crippen molar-refractivity contribution in [1.29, 1.82) is 0 Å². The Morgan fingerprint density at radius 3 is 2.63 bits per heavy atom. The highest BCUT2D eigenvalue weighted by atomic mass is 16.7. The van der Waals surface area contributed by atoms with Gasteiger partial charge in [0, 0.05) is 30.8 Å². The summed E-state index contributed by atoms with van der Waals surface area (Å²) in [5.41, 5.74) is 0.365. The van der Waals surface area contributed by atoms with Gasteiger partial charge in [-0.3, -0.25) is 14.4 Å². The van der Waals surface area contributed by atoms with Crippen molar-refractivity contribution in [2.24, 2.45) is 0 Å². The van der Waals surface area contributed by atoms with Gasteiger partial charge in [-0.2, -0.15) is 5.10 Å². The van der Waals surface area contributed by atoms with Crippen molar-refractivity contribution in [3.8, 4) is 11.5 Å². The number of benzene rings is 1. The summed E-state index contributed by atoms with van der Waals surface area (Å²) in [5, 5.41) is 9.03. The van der Waals surface area contributed by atoms with Gasteiger partial charge in [-0.1, -0.05) is 0 Å². The molecule has 0 radical (unpaired) electrons. The SMILES string of the molecule is O=C(NC1CCN(C(=O)c2ccc(=O)[nH]n2)CC1)c1ccc2c(c1)OCO2. The van der Waals surface area contributed by atoms with Crippen LogP contribution in [-0.2, 0) is 0 Å². The molecule has 9 heteroatoms. The van der Waals surface area contributed by atoms with E-state index in [1.54, 1.807) is 23.1 Å². The number of carbonyl (C=O) groups is 2. The number of fused-ring (bicyclic) bond motifs is 1. The number of carbonyl (C=O) groups excluding carboxylic acids is 2. The Morgan fingerprint density at radius 2 is 1.89 bits per heavy atom. The number of H-pyrrole nitrogens is 1. The molecule has 1 saturated heterocycles. The highest BCUT2D eigenvalue weighted by molar-refractivity contribution is 5.95. The third-order valence-electron chi connectivity index (χ3n) is 4.65. The first kappa shape index (κ1) is 17.1. The van der Waals surface area contributed by atoms with Gasteiger partial charge >= 0.3 is 0 Å². The number of aromatic nitrogens is 2. The molecule has 0 atom stereocenters. The molecule has 0 unspecified atom stereocenters. The lowest BCUT2D eigenvalue weighted by Crippen LogP contribution is -2.46. The molecule has 1 aromatic carbocycles. The van der Waals surface area contributed by atoms with Crippen LogP contribution in [0, 0.1) is 0 Å². The molecule has 2 amide bonds. The zero-order chi connectivity index (χ0) is 18.8. The number of ether oxygens (including phenoxy) is 2. The van der Waals surface area contributed by atoms with Crippen LogP contribution in [0.4, 0.5) is 0 Å². The lowest BCUT2D eigenvalue weighted by atomic mass is 10.0. The zero-order valence-electron chi connectivity index (χ0n) is 14.4. The normalized spacial score (nSPS) is 16.2. The molecular weight excluding hydrogens is 352 g/mol. The van der Waals surface area contributed by atoms with Crippen molar-refractivity contribution in [3.63, 3.8) is 0 Å². The largest absolute Gasteiger partial charge is 0.454 e. The van der Waals surface area contributed by atoms with E-state index in [1.807, 2.05) is 0 Å². The summed E-state index contributed by atoms with van der Waals surface area (Å²) in [6.07, 6.45) is 1.29. The lowest BCUT2D eigenvalue weighted by molar-refractivity contribution is 0.0691. The molecule has 0 aliphatic carbocycles. The van der Waals surface area contributed by atoms with Crippen LogP contribution in [0.15, 0.2) is 35.1 Å². The molecule has 1 aromatic heterocycles. The number of hydrogen-bond acceptors (Lipinski definition) is 6. The van der Waals surface area contributed by atoms with E-state index in [0.29, 0.717) is 43.0 Å². The lowest BCUT2D eigenvalue weighted by Gasteiger charge is -2.32. The topological polar surface area (TPSA) is 114 Å². The third-order valence-corrected chi connectivity index (χ3v) is 4.65. The Bertz CT molecular complexity index is 913. The molecule has 4 rings (SSSR count). The maximum absolute atomic E-state index is 12.4. The number of piperidine rings is 1. The van der Waals surface area contributed by atoms with E-state index < -0.39 is 0 Å². The second-order valence-corrected chi connectivity index (χ2v) is 6.41. The fourth-order valence-corrected chi connectivity index (χ4v) is 3.16. The Balaban J connectivity index is 1.32. The molecule has 2 aromatic rings. The van der Waals surface area contributed by atoms with Gasteiger partial charge in [-0.25, -0.2) is 5.10 Å². The van der Waals surface area contributed by atoms with Gasteiger partial charge in [0.2, 0.25) is 6.79 Å². The summed E-state index contributed by atoms with van der Waals surface area (Å²) in [5.74, 6) is 0.790. The van der Waals surface area contributed by atoms with Crippen LogP contribution < -0.4 is 20.3 Å². The molecule has 140 valence electrons. The maximum atomic E-state index is 12.4. The van der Waals surface area contributed by atoms with E-state index in [0.717, 1.165) is 0 Å². The summed E-state index contributed by atoms with van der Waals surface area (Å²) < 4.78 is 10.5. The minimum absolute atomic E-state index is 0.0180. The molecule has 0 bridgehead atoms. The van der Waals surface area contributed by atoms with Gasteiger partial charge in [0.1, 0.15) is 5.69 Å². The van der Waals surface area contributed by atoms with Gasteiger partial charge in [-0.05, 0) is 37.1 Å². The van der Waals surface area contributed by atoms with Crippen molar-refractivity contribution in [3.05, 3.63) is 51.9 Å². The standard InChI is InChI=1S/C18H18N4O5/c23-16-4-2-13(20-21-16)18(25)22-7-5-12(6-8-22)19-17(24)11-1-3-14-15(9-11)27-10-26-14/h1-4,9,12H,5-8,10H2,(H,19,24)(H,21,23). The van der Waals surface area contributed by atoms with Crippen LogP contribution in [0.3, 0.4) is 0 Å². The van der Waals surface area contributed by atoms with Crippen LogP contribution in [0.25, 0.3) is 0 Å². The van der Waals surface area contributed by atoms with Gasteiger partial charge in [0.05, 0.1) is 0 Å². The minimum atomic E-state index is -0.350. The van der Waals surface area contributed by atoms with Crippen LogP contribution >= 0.6 is 0 Å². The van der Waals surface area contributed by atoms with E-state index >= 15 is 0 Å². The summed E-state index contributed by atoms with van der Waals surface area (Å²) in [6.45, 7) is 1.18. The molecule has 2 N–H and O–H groups in total. The number of amides is 2. The van der Waals surface area contributed by atoms with Gasteiger partial charge in [0.15, 0.2) is 11.5 Å². The van der Waals surface area contributed by atoms with Crippen LogP contribution in [0.2, 0.25) is 0 Å². The first-order valence-electron chi connectivity index (χ1n) is 8.66.